The van der Waals surface area contributed by atoms with Gasteiger partial charge in [-0.3, -0.25) is 9.59 Å². The molecule has 0 unspecified atom stereocenters. The zero-order chi connectivity index (χ0) is 16.4. The van der Waals surface area contributed by atoms with E-state index in [4.69, 9.17) is 4.42 Å². The fraction of sp³-hybridized carbons (Fsp3) is 0.444. The van der Waals surface area contributed by atoms with Crippen LogP contribution in [0.5, 0.6) is 5.75 Å². The molecule has 2 aromatic rings. The van der Waals surface area contributed by atoms with E-state index < -0.39 is 17.0 Å². The Morgan fingerprint density at radius 2 is 1.96 bits per heavy atom. The monoisotopic (exact) mass is 318 g/mol. The Morgan fingerprint density at radius 1 is 1.22 bits per heavy atom. The average molecular weight is 318 g/mol. The van der Waals surface area contributed by atoms with Crippen LogP contribution in [0.15, 0.2) is 27.4 Å². The second-order valence-electron chi connectivity index (χ2n) is 6.24. The van der Waals surface area contributed by atoms with E-state index in [-0.39, 0.29) is 22.5 Å². The van der Waals surface area contributed by atoms with Crippen LogP contribution in [0.1, 0.15) is 55.5 Å². The highest BCUT2D eigenvalue weighted by Crippen LogP contribution is 2.29. The molecule has 0 radical (unpaired) electrons. The maximum absolute atomic E-state index is 13.3. The Hall–Kier alpha value is -2.17. The molecule has 4 nitrogen and oxygen atoms in total. The van der Waals surface area contributed by atoms with Gasteiger partial charge in [-0.2, -0.15) is 0 Å². The molecule has 0 saturated heterocycles. The molecule has 0 atom stereocenters. The molecule has 1 aromatic heterocycles. The standard InChI is InChI=1S/C18H19FO4/c19-12-8-13-15(21)10-17(23-18(13)16(22)9-12)14(20)7-6-11-4-2-1-3-5-11/h8-11,22H,1-7H2. The lowest BCUT2D eigenvalue weighted by molar-refractivity contribution is 0.0943. The highest BCUT2D eigenvalue weighted by Gasteiger charge is 2.19. The molecule has 1 N–H and O–H groups in total. The molecule has 0 aliphatic heterocycles. The van der Waals surface area contributed by atoms with E-state index in [9.17, 15) is 19.1 Å². The van der Waals surface area contributed by atoms with E-state index in [1.807, 2.05) is 0 Å². The molecule has 0 spiro atoms. The van der Waals surface area contributed by atoms with E-state index >= 15 is 0 Å². The molecule has 1 heterocycles. The van der Waals surface area contributed by atoms with Gasteiger partial charge in [0.1, 0.15) is 5.82 Å². The summed E-state index contributed by atoms with van der Waals surface area (Å²) in [6.45, 7) is 0. The lowest BCUT2D eigenvalue weighted by atomic mass is 9.85. The van der Waals surface area contributed by atoms with Crippen LogP contribution in [-0.4, -0.2) is 10.9 Å². The Kier molecular flexibility index (Phi) is 4.46. The minimum absolute atomic E-state index is 0.0636. The van der Waals surface area contributed by atoms with Gasteiger partial charge in [0.05, 0.1) is 5.39 Å². The van der Waals surface area contributed by atoms with Crippen molar-refractivity contribution >= 4 is 16.8 Å². The van der Waals surface area contributed by atoms with Gasteiger partial charge in [-0.25, -0.2) is 4.39 Å². The number of carbonyl (C=O) groups excluding carboxylic acids is 1. The minimum atomic E-state index is -0.723. The van der Waals surface area contributed by atoms with Crippen LogP contribution in [0.4, 0.5) is 4.39 Å². The van der Waals surface area contributed by atoms with Crippen molar-refractivity contribution in [2.24, 2.45) is 5.92 Å². The lowest BCUT2D eigenvalue weighted by Crippen LogP contribution is -2.11. The Morgan fingerprint density at radius 3 is 2.70 bits per heavy atom. The number of phenolic OH excluding ortho intramolecular Hbond substituents is 1. The van der Waals surface area contributed by atoms with Gasteiger partial charge in [0.25, 0.3) is 0 Å². The number of hydrogen-bond donors (Lipinski definition) is 1. The van der Waals surface area contributed by atoms with Gasteiger partial charge in [0.2, 0.25) is 0 Å². The Labute approximate surface area is 132 Å². The van der Waals surface area contributed by atoms with Crippen molar-refractivity contribution < 1.29 is 18.7 Å². The van der Waals surface area contributed by atoms with E-state index in [1.165, 1.54) is 19.3 Å². The first-order valence-electron chi connectivity index (χ1n) is 8.04. The van der Waals surface area contributed by atoms with Gasteiger partial charge in [0, 0.05) is 18.6 Å². The van der Waals surface area contributed by atoms with Crippen molar-refractivity contribution in [3.05, 3.63) is 40.0 Å². The predicted octanol–water partition coefficient (Wildman–Crippen LogP) is 4.18. The van der Waals surface area contributed by atoms with Crippen LogP contribution in [0, 0.1) is 11.7 Å². The summed E-state index contributed by atoms with van der Waals surface area (Å²) >= 11 is 0. The highest BCUT2D eigenvalue weighted by molar-refractivity contribution is 5.95. The van der Waals surface area contributed by atoms with Crippen LogP contribution in [0.2, 0.25) is 0 Å². The second-order valence-corrected chi connectivity index (χ2v) is 6.24. The van der Waals surface area contributed by atoms with Gasteiger partial charge in [0.15, 0.2) is 28.3 Å². The number of rotatable bonds is 4. The van der Waals surface area contributed by atoms with E-state index in [1.54, 1.807) is 0 Å². The molecule has 0 amide bonds. The summed E-state index contributed by atoms with van der Waals surface area (Å²) < 4.78 is 18.6. The molecule has 1 aliphatic carbocycles. The molecule has 122 valence electrons. The fourth-order valence-electron chi connectivity index (χ4n) is 3.28. The summed E-state index contributed by atoms with van der Waals surface area (Å²) in [5.41, 5.74) is -0.665. The molecule has 1 aromatic carbocycles. The number of aromatic hydroxyl groups is 1. The SMILES string of the molecule is O=C(CCC1CCCCC1)c1cc(=O)c2cc(F)cc(O)c2o1. The van der Waals surface area contributed by atoms with Gasteiger partial charge in [-0.15, -0.1) is 0 Å². The van der Waals surface area contributed by atoms with Crippen LogP contribution >= 0.6 is 0 Å². The largest absolute Gasteiger partial charge is 0.504 e. The summed E-state index contributed by atoms with van der Waals surface area (Å²) in [5.74, 6) is -0.960. The molecule has 1 aliphatic rings. The minimum Gasteiger partial charge on any atom is -0.504 e. The highest BCUT2D eigenvalue weighted by atomic mass is 19.1. The molecular weight excluding hydrogens is 299 g/mol. The first kappa shape index (κ1) is 15.7. The lowest BCUT2D eigenvalue weighted by Gasteiger charge is -2.20. The summed E-state index contributed by atoms with van der Waals surface area (Å²) in [4.78, 5) is 24.3. The predicted molar refractivity (Wildman–Crippen MR) is 84.2 cm³/mol. The van der Waals surface area contributed by atoms with Gasteiger partial charge >= 0.3 is 0 Å². The number of benzene rings is 1. The Balaban J connectivity index is 1.82. The van der Waals surface area contributed by atoms with Crippen LogP contribution in [-0.2, 0) is 0 Å². The first-order chi connectivity index (χ1) is 11.0. The summed E-state index contributed by atoms with van der Waals surface area (Å²) in [5, 5.41) is 9.67. The van der Waals surface area contributed by atoms with Crippen LogP contribution < -0.4 is 5.43 Å². The first-order valence-corrected chi connectivity index (χ1v) is 8.04. The number of fused-ring (bicyclic) bond motifs is 1. The van der Waals surface area contributed by atoms with Crippen molar-refractivity contribution in [2.45, 2.75) is 44.9 Å². The van der Waals surface area contributed by atoms with Crippen molar-refractivity contribution in [1.29, 1.82) is 0 Å². The third-order valence-electron chi connectivity index (χ3n) is 4.55. The molecule has 23 heavy (non-hydrogen) atoms. The van der Waals surface area contributed by atoms with E-state index in [0.717, 1.165) is 37.5 Å². The number of halogens is 1. The topological polar surface area (TPSA) is 67.5 Å². The number of ketones is 1. The quantitative estimate of drug-likeness (QED) is 0.859. The molecule has 5 heteroatoms. The van der Waals surface area contributed by atoms with Crippen molar-refractivity contribution in [2.75, 3.05) is 0 Å². The van der Waals surface area contributed by atoms with Crippen LogP contribution in [0.25, 0.3) is 11.0 Å². The summed E-state index contributed by atoms with van der Waals surface area (Å²) in [6, 6.07) is 2.95. The molecule has 3 rings (SSSR count). The van der Waals surface area contributed by atoms with Crippen molar-refractivity contribution in [1.82, 2.24) is 0 Å². The zero-order valence-corrected chi connectivity index (χ0v) is 12.8. The molecule has 0 bridgehead atoms. The molecule has 1 fully saturated rings. The van der Waals surface area contributed by atoms with Gasteiger partial charge in [-0.1, -0.05) is 32.1 Å². The third-order valence-corrected chi connectivity index (χ3v) is 4.55. The van der Waals surface area contributed by atoms with Crippen molar-refractivity contribution in [3.8, 4) is 5.75 Å². The fourth-order valence-corrected chi connectivity index (χ4v) is 3.28. The third kappa shape index (κ3) is 3.44. The maximum atomic E-state index is 13.3. The van der Waals surface area contributed by atoms with Gasteiger partial charge < -0.3 is 9.52 Å². The zero-order valence-electron chi connectivity index (χ0n) is 12.8. The number of hydrogen-bond acceptors (Lipinski definition) is 4. The van der Waals surface area contributed by atoms with Gasteiger partial charge in [-0.05, 0) is 18.4 Å². The summed E-state index contributed by atoms with van der Waals surface area (Å²) in [6.07, 6.45) is 7.09. The Bertz CT molecular complexity index is 787. The average Bonchev–Trinajstić information content (AvgIpc) is 2.54. The van der Waals surface area contributed by atoms with E-state index in [0.29, 0.717) is 12.3 Å². The molecular formula is C18H19FO4. The van der Waals surface area contributed by atoms with Crippen molar-refractivity contribution in [3.63, 3.8) is 0 Å². The normalized spacial score (nSPS) is 15.9. The maximum Gasteiger partial charge on any atom is 0.198 e. The van der Waals surface area contributed by atoms with E-state index in [2.05, 4.69) is 0 Å². The van der Waals surface area contributed by atoms with Crippen LogP contribution in [0.3, 0.4) is 0 Å². The smallest absolute Gasteiger partial charge is 0.198 e. The molecule has 1 saturated carbocycles. The number of carbonyl (C=O) groups is 1. The number of phenols is 1. The second kappa shape index (κ2) is 6.52. The number of Topliss-reactive ketones (excluding diaryl/α,β-unsaturated/α-hetero) is 1. The summed E-state index contributed by atoms with van der Waals surface area (Å²) in [7, 11) is 0.